The average molecular weight is 174 g/mol. The van der Waals surface area contributed by atoms with E-state index >= 15 is 0 Å². The normalized spacial score (nSPS) is 12.1. The highest BCUT2D eigenvalue weighted by molar-refractivity contribution is 5.27. The summed E-state index contributed by atoms with van der Waals surface area (Å²) in [5, 5.41) is 0. The summed E-state index contributed by atoms with van der Waals surface area (Å²) < 4.78 is 0. The molecule has 0 saturated carbocycles. The Labute approximate surface area is 79.1 Å². The summed E-state index contributed by atoms with van der Waals surface area (Å²) >= 11 is 0. The molecule has 1 aromatic rings. The van der Waals surface area contributed by atoms with E-state index in [1.54, 1.807) is 0 Å². The SMILES string of the molecule is C#CC(Cc1ccccc1C)NN. The van der Waals surface area contributed by atoms with Crippen LogP contribution in [0.4, 0.5) is 0 Å². The zero-order valence-electron chi connectivity index (χ0n) is 7.75. The lowest BCUT2D eigenvalue weighted by Crippen LogP contribution is -2.35. The van der Waals surface area contributed by atoms with Gasteiger partial charge in [0, 0.05) is 6.42 Å². The second-order valence-corrected chi connectivity index (χ2v) is 3.02. The lowest BCUT2D eigenvalue weighted by molar-refractivity contribution is 0.632. The van der Waals surface area contributed by atoms with Gasteiger partial charge in [0.25, 0.3) is 0 Å². The van der Waals surface area contributed by atoms with Crippen molar-refractivity contribution in [1.29, 1.82) is 0 Å². The van der Waals surface area contributed by atoms with Crippen molar-refractivity contribution in [2.45, 2.75) is 19.4 Å². The Balaban J connectivity index is 2.74. The number of aryl methyl sites for hydroxylation is 1. The van der Waals surface area contributed by atoms with Gasteiger partial charge in [-0.05, 0) is 18.1 Å². The molecule has 0 heterocycles. The molecule has 1 rings (SSSR count). The van der Waals surface area contributed by atoms with Crippen molar-refractivity contribution in [2.75, 3.05) is 0 Å². The van der Waals surface area contributed by atoms with Gasteiger partial charge in [0.1, 0.15) is 0 Å². The van der Waals surface area contributed by atoms with Gasteiger partial charge >= 0.3 is 0 Å². The molecule has 0 bridgehead atoms. The first kappa shape index (κ1) is 9.79. The van der Waals surface area contributed by atoms with Crippen LogP contribution in [0.1, 0.15) is 11.1 Å². The maximum absolute atomic E-state index is 5.29. The molecule has 1 aromatic carbocycles. The number of hydrogen-bond donors (Lipinski definition) is 2. The summed E-state index contributed by atoms with van der Waals surface area (Å²) in [4.78, 5) is 0. The number of nitrogens with one attached hydrogen (secondary N) is 1. The van der Waals surface area contributed by atoms with Crippen molar-refractivity contribution < 1.29 is 0 Å². The van der Waals surface area contributed by atoms with Crippen molar-refractivity contribution in [3.05, 3.63) is 35.4 Å². The molecule has 0 aliphatic carbocycles. The van der Waals surface area contributed by atoms with Gasteiger partial charge in [0.2, 0.25) is 0 Å². The number of hydrogen-bond acceptors (Lipinski definition) is 2. The van der Waals surface area contributed by atoms with Gasteiger partial charge in [0.05, 0.1) is 6.04 Å². The third-order valence-corrected chi connectivity index (χ3v) is 2.09. The van der Waals surface area contributed by atoms with Gasteiger partial charge < -0.3 is 0 Å². The van der Waals surface area contributed by atoms with Gasteiger partial charge in [-0.25, -0.2) is 5.43 Å². The first-order chi connectivity index (χ1) is 6.27. The monoisotopic (exact) mass is 174 g/mol. The van der Waals surface area contributed by atoms with E-state index in [2.05, 4.69) is 30.4 Å². The molecule has 0 aromatic heterocycles. The average Bonchev–Trinajstić information content (AvgIpc) is 2.17. The molecule has 0 amide bonds. The third kappa shape index (κ3) is 2.59. The third-order valence-electron chi connectivity index (χ3n) is 2.09. The van der Waals surface area contributed by atoms with Gasteiger partial charge in [0.15, 0.2) is 0 Å². The van der Waals surface area contributed by atoms with Crippen LogP contribution in [-0.2, 0) is 6.42 Å². The van der Waals surface area contributed by atoms with Crippen molar-refractivity contribution in [1.82, 2.24) is 5.43 Å². The lowest BCUT2D eigenvalue weighted by Gasteiger charge is -2.10. The maximum atomic E-state index is 5.29. The molecule has 0 spiro atoms. The lowest BCUT2D eigenvalue weighted by atomic mass is 10.0. The second kappa shape index (κ2) is 4.66. The van der Waals surface area contributed by atoms with E-state index in [-0.39, 0.29) is 6.04 Å². The van der Waals surface area contributed by atoms with E-state index < -0.39 is 0 Å². The molecular formula is C11H14N2. The van der Waals surface area contributed by atoms with Gasteiger partial charge in [-0.15, -0.1) is 6.42 Å². The molecule has 0 fully saturated rings. The Morgan fingerprint density at radius 2 is 2.23 bits per heavy atom. The fourth-order valence-electron chi connectivity index (χ4n) is 1.22. The van der Waals surface area contributed by atoms with Crippen molar-refractivity contribution >= 4 is 0 Å². The molecule has 2 nitrogen and oxygen atoms in total. The predicted octanol–water partition coefficient (Wildman–Crippen LogP) is 1.00. The Hall–Kier alpha value is -1.30. The molecule has 0 aliphatic rings. The zero-order chi connectivity index (χ0) is 9.68. The van der Waals surface area contributed by atoms with Crippen LogP contribution >= 0.6 is 0 Å². The van der Waals surface area contributed by atoms with E-state index in [9.17, 15) is 0 Å². The highest BCUT2D eigenvalue weighted by atomic mass is 15.2. The van der Waals surface area contributed by atoms with Crippen LogP contribution in [0.2, 0.25) is 0 Å². The molecule has 2 heteroatoms. The molecule has 1 atom stereocenters. The van der Waals surface area contributed by atoms with Crippen LogP contribution < -0.4 is 11.3 Å². The van der Waals surface area contributed by atoms with Crippen LogP contribution in [0.25, 0.3) is 0 Å². The minimum Gasteiger partial charge on any atom is -0.270 e. The summed E-state index contributed by atoms with van der Waals surface area (Å²) in [5.41, 5.74) is 5.08. The minimum absolute atomic E-state index is 0.0823. The zero-order valence-corrected chi connectivity index (χ0v) is 7.75. The summed E-state index contributed by atoms with van der Waals surface area (Å²) in [5.74, 6) is 7.88. The highest BCUT2D eigenvalue weighted by Crippen LogP contribution is 2.08. The smallest absolute Gasteiger partial charge is 0.0855 e. The van der Waals surface area contributed by atoms with Crippen LogP contribution in [-0.4, -0.2) is 6.04 Å². The molecule has 1 unspecified atom stereocenters. The van der Waals surface area contributed by atoms with Crippen molar-refractivity contribution in [3.63, 3.8) is 0 Å². The molecule has 0 saturated heterocycles. The number of nitrogens with two attached hydrogens (primary N) is 1. The largest absolute Gasteiger partial charge is 0.270 e. The standard InChI is InChI=1S/C11H14N2/c1-3-11(13-12)8-10-7-5-4-6-9(10)2/h1,4-7,11,13H,8,12H2,2H3. The summed E-state index contributed by atoms with van der Waals surface area (Å²) in [6.07, 6.45) is 6.07. The van der Waals surface area contributed by atoms with E-state index in [1.165, 1.54) is 11.1 Å². The van der Waals surface area contributed by atoms with Crippen LogP contribution in [0.3, 0.4) is 0 Å². The van der Waals surface area contributed by atoms with Gasteiger partial charge in [-0.1, -0.05) is 30.2 Å². The van der Waals surface area contributed by atoms with Gasteiger partial charge in [-0.3, -0.25) is 5.84 Å². The number of benzene rings is 1. The summed E-state index contributed by atoms with van der Waals surface area (Å²) in [6.45, 7) is 2.07. The van der Waals surface area contributed by atoms with Crippen LogP contribution in [0.5, 0.6) is 0 Å². The van der Waals surface area contributed by atoms with Crippen LogP contribution in [0, 0.1) is 19.3 Å². The maximum Gasteiger partial charge on any atom is 0.0855 e. The fourth-order valence-corrected chi connectivity index (χ4v) is 1.22. The predicted molar refractivity (Wildman–Crippen MR) is 54.8 cm³/mol. The highest BCUT2D eigenvalue weighted by Gasteiger charge is 2.04. The van der Waals surface area contributed by atoms with Gasteiger partial charge in [-0.2, -0.15) is 0 Å². The number of rotatable bonds is 3. The molecular weight excluding hydrogens is 160 g/mol. The Bertz CT molecular complexity index is 312. The van der Waals surface area contributed by atoms with E-state index in [4.69, 9.17) is 12.3 Å². The Morgan fingerprint density at radius 1 is 1.54 bits per heavy atom. The number of terminal acetylenes is 1. The van der Waals surface area contributed by atoms with Crippen LogP contribution in [0.15, 0.2) is 24.3 Å². The number of hydrazine groups is 1. The Kier molecular flexibility index (Phi) is 3.51. The molecule has 3 N–H and O–H groups in total. The first-order valence-corrected chi connectivity index (χ1v) is 4.24. The van der Waals surface area contributed by atoms with E-state index in [0.29, 0.717) is 0 Å². The molecule has 68 valence electrons. The van der Waals surface area contributed by atoms with E-state index in [0.717, 1.165) is 6.42 Å². The molecule has 0 radical (unpaired) electrons. The van der Waals surface area contributed by atoms with Crippen molar-refractivity contribution in [3.8, 4) is 12.3 Å². The molecule has 0 aliphatic heterocycles. The quantitative estimate of drug-likeness (QED) is 0.407. The second-order valence-electron chi connectivity index (χ2n) is 3.02. The first-order valence-electron chi connectivity index (χ1n) is 4.24. The molecule has 13 heavy (non-hydrogen) atoms. The summed E-state index contributed by atoms with van der Waals surface area (Å²) in [6, 6.07) is 8.07. The topological polar surface area (TPSA) is 38.0 Å². The fraction of sp³-hybridized carbons (Fsp3) is 0.273. The summed E-state index contributed by atoms with van der Waals surface area (Å²) in [7, 11) is 0. The Morgan fingerprint density at radius 3 is 2.77 bits per heavy atom. The van der Waals surface area contributed by atoms with E-state index in [1.807, 2.05) is 12.1 Å². The van der Waals surface area contributed by atoms with Crippen molar-refractivity contribution in [2.24, 2.45) is 5.84 Å². The minimum atomic E-state index is -0.0823.